The zero-order valence-electron chi connectivity index (χ0n) is 9.74. The molecule has 1 heterocycles. The van der Waals surface area contributed by atoms with Crippen molar-refractivity contribution in [3.63, 3.8) is 0 Å². The third-order valence-corrected chi connectivity index (χ3v) is 4.24. The minimum Gasteiger partial charge on any atom is -0.301 e. The number of benzene rings is 1. The number of thiazole rings is 1. The Morgan fingerprint density at radius 2 is 2.39 bits per heavy atom. The van der Waals surface area contributed by atoms with Crippen LogP contribution in [0.4, 0.5) is 9.52 Å². The molecule has 1 amide bonds. The highest BCUT2D eigenvalue weighted by molar-refractivity contribution is 9.10. The lowest BCUT2D eigenvalue weighted by Gasteiger charge is -2.06. The minimum atomic E-state index is -0.367. The Balaban J connectivity index is 2.17. The van der Waals surface area contributed by atoms with Crippen LogP contribution in [0.3, 0.4) is 0 Å². The first kappa shape index (κ1) is 13.4. The zero-order valence-corrected chi connectivity index (χ0v) is 12.1. The van der Waals surface area contributed by atoms with E-state index in [0.717, 1.165) is 17.5 Å². The molecule has 0 saturated carbocycles. The van der Waals surface area contributed by atoms with Crippen LogP contribution in [0.2, 0.25) is 0 Å². The van der Waals surface area contributed by atoms with Crippen molar-refractivity contribution in [1.82, 2.24) is 4.98 Å². The molecular formula is C12H12BrFN2OS. The quantitative estimate of drug-likeness (QED) is 0.863. The van der Waals surface area contributed by atoms with Crippen molar-refractivity contribution in [3.05, 3.63) is 24.0 Å². The summed E-state index contributed by atoms with van der Waals surface area (Å²) in [6.07, 6.45) is 1.67. The second kappa shape index (κ2) is 5.75. The number of hydrogen-bond acceptors (Lipinski definition) is 3. The monoisotopic (exact) mass is 330 g/mol. The summed E-state index contributed by atoms with van der Waals surface area (Å²) in [4.78, 5) is 15.6. The Morgan fingerprint density at radius 3 is 3.06 bits per heavy atom. The fourth-order valence-electron chi connectivity index (χ4n) is 1.54. The van der Waals surface area contributed by atoms with Crippen LogP contribution in [0.15, 0.2) is 18.2 Å². The number of alkyl halides is 1. The van der Waals surface area contributed by atoms with E-state index in [1.807, 2.05) is 6.92 Å². The van der Waals surface area contributed by atoms with Crippen LogP contribution in [0.1, 0.15) is 19.8 Å². The van der Waals surface area contributed by atoms with Gasteiger partial charge in [0.05, 0.1) is 9.53 Å². The molecule has 3 nitrogen and oxygen atoms in total. The first-order chi connectivity index (χ1) is 8.61. The molecule has 2 rings (SSSR count). The topological polar surface area (TPSA) is 42.0 Å². The molecule has 1 atom stereocenters. The second-order valence-electron chi connectivity index (χ2n) is 3.85. The summed E-state index contributed by atoms with van der Waals surface area (Å²) in [7, 11) is 0. The van der Waals surface area contributed by atoms with Crippen LogP contribution in [-0.4, -0.2) is 15.7 Å². The molecular weight excluding hydrogens is 319 g/mol. The van der Waals surface area contributed by atoms with Crippen LogP contribution < -0.4 is 5.32 Å². The van der Waals surface area contributed by atoms with Gasteiger partial charge in [0, 0.05) is 0 Å². The molecule has 0 fully saturated rings. The van der Waals surface area contributed by atoms with E-state index in [1.54, 1.807) is 12.1 Å². The Morgan fingerprint density at radius 1 is 1.61 bits per heavy atom. The Bertz CT molecular complexity index is 572. The van der Waals surface area contributed by atoms with Crippen LogP contribution in [0.25, 0.3) is 10.2 Å². The van der Waals surface area contributed by atoms with Gasteiger partial charge in [0.1, 0.15) is 11.3 Å². The van der Waals surface area contributed by atoms with E-state index in [-0.39, 0.29) is 16.6 Å². The first-order valence-electron chi connectivity index (χ1n) is 5.61. The second-order valence-corrected chi connectivity index (χ2v) is 5.99. The summed E-state index contributed by atoms with van der Waals surface area (Å²) in [5, 5.41) is 3.13. The summed E-state index contributed by atoms with van der Waals surface area (Å²) >= 11 is 4.58. The van der Waals surface area contributed by atoms with E-state index in [1.165, 1.54) is 17.4 Å². The van der Waals surface area contributed by atoms with E-state index in [0.29, 0.717) is 10.6 Å². The number of nitrogens with one attached hydrogen (secondary N) is 1. The molecule has 2 aromatic rings. The lowest BCUT2D eigenvalue weighted by molar-refractivity contribution is -0.115. The molecule has 1 N–H and O–H groups in total. The summed E-state index contributed by atoms with van der Waals surface area (Å²) in [6.45, 7) is 2.01. The number of carbonyl (C=O) groups excluding carboxylic acids is 1. The molecule has 0 aliphatic carbocycles. The maximum absolute atomic E-state index is 13.4. The van der Waals surface area contributed by atoms with Gasteiger partial charge in [0.15, 0.2) is 5.13 Å². The SMILES string of the molecule is CCC[C@H](Br)C(=O)Nc1nc2c(F)cccc2s1. The van der Waals surface area contributed by atoms with Gasteiger partial charge in [-0.1, -0.05) is 46.7 Å². The maximum Gasteiger partial charge on any atom is 0.239 e. The fraction of sp³-hybridized carbons (Fsp3) is 0.333. The van der Waals surface area contributed by atoms with Crippen molar-refractivity contribution in [2.45, 2.75) is 24.6 Å². The molecule has 96 valence electrons. The number of halogens is 2. The number of nitrogens with zero attached hydrogens (tertiary/aromatic N) is 1. The molecule has 0 radical (unpaired) electrons. The summed E-state index contributed by atoms with van der Waals surface area (Å²) < 4.78 is 14.2. The van der Waals surface area contributed by atoms with Gasteiger partial charge < -0.3 is 5.32 Å². The molecule has 0 bridgehead atoms. The van der Waals surface area contributed by atoms with Gasteiger partial charge in [-0.2, -0.15) is 0 Å². The average Bonchev–Trinajstić information content (AvgIpc) is 2.73. The summed E-state index contributed by atoms with van der Waals surface area (Å²) in [5.41, 5.74) is 0.305. The van der Waals surface area contributed by atoms with Gasteiger partial charge in [0.2, 0.25) is 5.91 Å². The van der Waals surface area contributed by atoms with Crippen LogP contribution in [-0.2, 0) is 4.79 Å². The smallest absolute Gasteiger partial charge is 0.239 e. The average molecular weight is 331 g/mol. The molecule has 0 saturated heterocycles. The number of rotatable bonds is 4. The van der Waals surface area contributed by atoms with E-state index in [2.05, 4.69) is 26.2 Å². The van der Waals surface area contributed by atoms with Gasteiger partial charge in [0.25, 0.3) is 0 Å². The molecule has 0 aliphatic rings. The third-order valence-electron chi connectivity index (χ3n) is 2.43. The summed E-state index contributed by atoms with van der Waals surface area (Å²) in [6, 6.07) is 4.77. The lowest BCUT2D eigenvalue weighted by Crippen LogP contribution is -2.22. The minimum absolute atomic E-state index is 0.142. The Labute approximate surface area is 117 Å². The number of amides is 1. The fourth-order valence-corrected chi connectivity index (χ4v) is 2.99. The molecule has 0 spiro atoms. The number of para-hydroxylation sites is 1. The first-order valence-corrected chi connectivity index (χ1v) is 7.35. The van der Waals surface area contributed by atoms with Gasteiger partial charge in [-0.15, -0.1) is 0 Å². The van der Waals surface area contributed by atoms with Gasteiger partial charge in [-0.25, -0.2) is 9.37 Å². The van der Waals surface area contributed by atoms with E-state index < -0.39 is 0 Å². The lowest BCUT2D eigenvalue weighted by atomic mass is 10.2. The molecule has 1 aromatic heterocycles. The van der Waals surface area contributed by atoms with Crippen molar-refractivity contribution in [1.29, 1.82) is 0 Å². The highest BCUT2D eigenvalue weighted by atomic mass is 79.9. The van der Waals surface area contributed by atoms with Crippen molar-refractivity contribution in [2.24, 2.45) is 0 Å². The highest BCUT2D eigenvalue weighted by Gasteiger charge is 2.16. The molecule has 0 aliphatic heterocycles. The van der Waals surface area contributed by atoms with E-state index in [9.17, 15) is 9.18 Å². The summed E-state index contributed by atoms with van der Waals surface area (Å²) in [5.74, 6) is -0.510. The molecule has 1 aromatic carbocycles. The van der Waals surface area contributed by atoms with E-state index in [4.69, 9.17) is 0 Å². The number of aromatic nitrogens is 1. The van der Waals surface area contributed by atoms with Crippen molar-refractivity contribution < 1.29 is 9.18 Å². The van der Waals surface area contributed by atoms with Gasteiger partial charge in [-0.3, -0.25) is 4.79 Å². The molecule has 0 unspecified atom stereocenters. The molecule has 18 heavy (non-hydrogen) atoms. The van der Waals surface area contributed by atoms with Crippen molar-refractivity contribution in [2.75, 3.05) is 5.32 Å². The largest absolute Gasteiger partial charge is 0.301 e. The maximum atomic E-state index is 13.4. The third kappa shape index (κ3) is 2.87. The van der Waals surface area contributed by atoms with Gasteiger partial charge >= 0.3 is 0 Å². The van der Waals surface area contributed by atoms with Crippen LogP contribution in [0, 0.1) is 5.82 Å². The standard InChI is InChI=1S/C12H12BrFN2OS/c1-2-4-7(13)11(17)16-12-15-10-8(14)5-3-6-9(10)18-12/h3,5-7H,2,4H2,1H3,(H,15,16,17)/t7-/m0/s1. The Kier molecular flexibility index (Phi) is 4.29. The van der Waals surface area contributed by atoms with E-state index >= 15 is 0 Å². The van der Waals surface area contributed by atoms with Crippen molar-refractivity contribution in [3.8, 4) is 0 Å². The predicted octanol–water partition coefficient (Wildman–Crippen LogP) is 3.94. The highest BCUT2D eigenvalue weighted by Crippen LogP contribution is 2.27. The number of carbonyl (C=O) groups is 1. The van der Waals surface area contributed by atoms with Crippen molar-refractivity contribution >= 4 is 48.5 Å². The molecule has 6 heteroatoms. The number of anilines is 1. The predicted molar refractivity (Wildman–Crippen MR) is 75.8 cm³/mol. The normalized spacial score (nSPS) is 12.6. The number of fused-ring (bicyclic) bond motifs is 1. The van der Waals surface area contributed by atoms with Crippen LogP contribution >= 0.6 is 27.3 Å². The van der Waals surface area contributed by atoms with Crippen LogP contribution in [0.5, 0.6) is 0 Å². The zero-order chi connectivity index (χ0) is 13.1. The Hall–Kier alpha value is -1.01. The number of hydrogen-bond donors (Lipinski definition) is 1. The van der Waals surface area contributed by atoms with Gasteiger partial charge in [-0.05, 0) is 18.6 Å².